The minimum Gasteiger partial charge on any atom is -0.508 e. The highest BCUT2D eigenvalue weighted by atomic mass is 35.5. The summed E-state index contributed by atoms with van der Waals surface area (Å²) in [5.41, 5.74) is 4.90. The van der Waals surface area contributed by atoms with E-state index in [1.54, 1.807) is 36.4 Å². The highest BCUT2D eigenvalue weighted by Gasteiger charge is 2.55. The Morgan fingerprint density at radius 2 is 1.71 bits per heavy atom. The number of fused-ring (bicyclic) bond motifs is 1. The van der Waals surface area contributed by atoms with Crippen LogP contribution in [0.4, 0.5) is 17.1 Å². The molecule has 2 aliphatic rings. The minimum absolute atomic E-state index is 0.0781. The summed E-state index contributed by atoms with van der Waals surface area (Å²) in [6.07, 6.45) is 3.53. The molecule has 1 fully saturated rings. The van der Waals surface area contributed by atoms with Gasteiger partial charge in [-0.3, -0.25) is 14.5 Å². The van der Waals surface area contributed by atoms with Crippen LogP contribution in [0.15, 0.2) is 89.5 Å². The summed E-state index contributed by atoms with van der Waals surface area (Å²) in [5.74, 6) is -3.08. The zero-order valence-corrected chi connectivity index (χ0v) is 26.0. The second-order valence-electron chi connectivity index (χ2n) is 11.7. The van der Waals surface area contributed by atoms with Gasteiger partial charge in [-0.15, -0.1) is 0 Å². The second-order valence-corrected chi connectivity index (χ2v) is 12.1. The normalized spacial score (nSPS) is 20.9. The Morgan fingerprint density at radius 3 is 2.36 bits per heavy atom. The van der Waals surface area contributed by atoms with Crippen LogP contribution in [0, 0.1) is 17.8 Å². The van der Waals surface area contributed by atoms with Crippen molar-refractivity contribution < 1.29 is 30.0 Å². The molecule has 1 aliphatic carbocycles. The first-order valence-electron chi connectivity index (χ1n) is 15.3. The van der Waals surface area contributed by atoms with Crippen LogP contribution in [0.5, 0.6) is 5.75 Å². The Balaban J connectivity index is 1.34. The average molecular weight is 631 g/mol. The van der Waals surface area contributed by atoms with Crippen LogP contribution in [-0.2, 0) is 9.59 Å². The van der Waals surface area contributed by atoms with Gasteiger partial charge >= 0.3 is 0 Å². The summed E-state index contributed by atoms with van der Waals surface area (Å²) < 4.78 is 0. The zero-order chi connectivity index (χ0) is 32.1. The minimum atomic E-state index is -1.03. The predicted octanol–water partition coefficient (Wildman–Crippen LogP) is 6.22. The van der Waals surface area contributed by atoms with Crippen molar-refractivity contribution in [2.24, 2.45) is 17.8 Å². The smallest absolute Gasteiger partial charge is 0.238 e. The van der Waals surface area contributed by atoms with Crippen molar-refractivity contribution in [2.75, 3.05) is 23.4 Å². The molecule has 2 amide bonds. The summed E-state index contributed by atoms with van der Waals surface area (Å²) in [6.45, 7) is 1.23. The molecule has 0 unspecified atom stereocenters. The number of phenolic OH excluding ortho intramolecular Hbond substituents is 1. The Labute approximate surface area is 268 Å². The number of amides is 2. The molecular formula is C36H39ClN2O6. The Bertz CT molecular complexity index is 1590. The number of anilines is 3. The van der Waals surface area contributed by atoms with E-state index in [1.807, 2.05) is 36.4 Å². The van der Waals surface area contributed by atoms with Crippen molar-refractivity contribution in [3.63, 3.8) is 0 Å². The maximum atomic E-state index is 13.8. The van der Waals surface area contributed by atoms with E-state index in [-0.39, 0.29) is 24.7 Å². The first kappa shape index (κ1) is 32.4. The third-order valence-corrected chi connectivity index (χ3v) is 9.10. The number of phenols is 1. The van der Waals surface area contributed by atoms with E-state index < -0.39 is 36.4 Å². The number of allylic oxidation sites excluding steroid dienone is 1. The fourth-order valence-corrected chi connectivity index (χ4v) is 6.89. The van der Waals surface area contributed by atoms with Crippen LogP contribution in [0.2, 0.25) is 5.02 Å². The van der Waals surface area contributed by atoms with Gasteiger partial charge in [0.25, 0.3) is 0 Å². The predicted molar refractivity (Wildman–Crippen MR) is 176 cm³/mol. The molecule has 3 aromatic rings. The van der Waals surface area contributed by atoms with E-state index in [9.17, 15) is 30.0 Å². The quantitative estimate of drug-likeness (QED) is 0.119. The maximum Gasteiger partial charge on any atom is 0.238 e. The molecule has 236 valence electrons. The van der Waals surface area contributed by atoms with Crippen molar-refractivity contribution >= 4 is 46.6 Å². The first-order chi connectivity index (χ1) is 21.7. The lowest BCUT2D eigenvalue weighted by Crippen LogP contribution is -2.39. The highest BCUT2D eigenvalue weighted by Crippen LogP contribution is 2.47. The Kier molecular flexibility index (Phi) is 10.4. The van der Waals surface area contributed by atoms with Gasteiger partial charge in [-0.05, 0) is 97.0 Å². The number of aliphatic hydroxyl groups is 3. The lowest BCUT2D eigenvalue weighted by atomic mass is 9.68. The number of hydrogen-bond acceptors (Lipinski definition) is 7. The van der Waals surface area contributed by atoms with E-state index in [4.69, 9.17) is 11.6 Å². The summed E-state index contributed by atoms with van der Waals surface area (Å²) in [7, 11) is 0. The van der Waals surface area contributed by atoms with Gasteiger partial charge in [0.05, 0.1) is 41.9 Å². The van der Waals surface area contributed by atoms with Gasteiger partial charge < -0.3 is 25.7 Å². The van der Waals surface area contributed by atoms with Gasteiger partial charge in [-0.25, -0.2) is 0 Å². The fraction of sp³-hybridized carbons (Fsp3) is 0.333. The second kappa shape index (κ2) is 14.4. The van der Waals surface area contributed by atoms with Gasteiger partial charge in [0, 0.05) is 17.3 Å². The van der Waals surface area contributed by atoms with Crippen LogP contribution < -0.4 is 10.2 Å². The van der Waals surface area contributed by atoms with Crippen molar-refractivity contribution in [3.8, 4) is 5.75 Å². The van der Waals surface area contributed by atoms with Crippen LogP contribution in [0.25, 0.3) is 6.08 Å². The molecule has 1 heterocycles. The molecular weight excluding hydrogens is 592 g/mol. The van der Waals surface area contributed by atoms with Crippen LogP contribution in [0.1, 0.15) is 44.6 Å². The molecule has 0 saturated carbocycles. The lowest BCUT2D eigenvalue weighted by Gasteiger charge is -2.36. The van der Waals surface area contributed by atoms with Gasteiger partial charge in [0.2, 0.25) is 11.8 Å². The monoisotopic (exact) mass is 630 g/mol. The van der Waals surface area contributed by atoms with Gasteiger partial charge in [-0.2, -0.15) is 0 Å². The molecule has 3 aromatic carbocycles. The highest BCUT2D eigenvalue weighted by molar-refractivity contribution is 6.32. The van der Waals surface area contributed by atoms with E-state index in [0.717, 1.165) is 35.4 Å². The standard InChI is InChI=1S/C36H39ClN2O6/c1-2-6-22(17-23-10-15-28(42)19-31(23)37)9-16-32(43)33-24(20-40)18-29-34(30(33)21-41)36(45)39(35(29)44)27-13-11-26(12-14-27)38-25-7-4-3-5-8-25/h3-5,7-8,10-15,17,19,29-30,32,34,38,40-43H,2,6,9,16,18,20-21H2,1H3/b22-17+/t29-,30+,32-,34-/m1/s1. The first-order valence-corrected chi connectivity index (χ1v) is 15.7. The summed E-state index contributed by atoms with van der Waals surface area (Å²) in [4.78, 5) is 28.7. The zero-order valence-electron chi connectivity index (χ0n) is 25.2. The third-order valence-electron chi connectivity index (χ3n) is 8.77. The van der Waals surface area contributed by atoms with Gasteiger partial charge in [-0.1, -0.05) is 54.8 Å². The molecule has 1 aliphatic heterocycles. The SMILES string of the molecule is CCC/C(=C\c1ccc(O)cc1Cl)CC[C@@H](O)C1=C(CO)C[C@H]2C(=O)N(c3ccc(Nc4ccccc4)cc3)C(=O)[C@H]2[C@H]1CO. The number of carbonyl (C=O) groups excluding carboxylic acids is 2. The topological polar surface area (TPSA) is 130 Å². The number of benzene rings is 3. The number of imide groups is 1. The molecule has 8 nitrogen and oxygen atoms in total. The van der Waals surface area contributed by atoms with Crippen molar-refractivity contribution in [1.82, 2.24) is 0 Å². The van der Waals surface area contributed by atoms with Gasteiger partial charge in [0.1, 0.15) is 5.75 Å². The van der Waals surface area contributed by atoms with E-state index >= 15 is 0 Å². The number of aliphatic hydroxyl groups excluding tert-OH is 3. The summed E-state index contributed by atoms with van der Waals surface area (Å²) in [5, 5.41) is 45.8. The van der Waals surface area contributed by atoms with Crippen molar-refractivity contribution in [2.45, 2.75) is 45.1 Å². The molecule has 9 heteroatoms. The lowest BCUT2D eigenvalue weighted by molar-refractivity contribution is -0.123. The van der Waals surface area contributed by atoms with Crippen LogP contribution >= 0.6 is 11.6 Å². The van der Waals surface area contributed by atoms with Crippen LogP contribution in [-0.4, -0.2) is 51.6 Å². The van der Waals surface area contributed by atoms with E-state index in [2.05, 4.69) is 12.2 Å². The molecule has 45 heavy (non-hydrogen) atoms. The third kappa shape index (κ3) is 6.99. The molecule has 0 spiro atoms. The largest absolute Gasteiger partial charge is 0.508 e. The van der Waals surface area contributed by atoms with Crippen molar-refractivity contribution in [3.05, 3.63) is 100 Å². The number of aromatic hydroxyl groups is 1. The average Bonchev–Trinajstić information content (AvgIpc) is 3.29. The molecule has 4 atom stereocenters. The Morgan fingerprint density at radius 1 is 1.00 bits per heavy atom. The fourth-order valence-electron chi connectivity index (χ4n) is 6.66. The number of carbonyl (C=O) groups is 2. The number of para-hydroxylation sites is 1. The molecule has 0 aromatic heterocycles. The number of hydrogen-bond donors (Lipinski definition) is 5. The Hall–Kier alpha value is -3.95. The summed E-state index contributed by atoms with van der Waals surface area (Å²) >= 11 is 6.32. The molecule has 1 saturated heterocycles. The molecule has 0 radical (unpaired) electrons. The molecule has 0 bridgehead atoms. The molecule has 5 rings (SSSR count). The number of nitrogens with one attached hydrogen (secondary N) is 1. The molecule has 5 N–H and O–H groups in total. The number of rotatable bonds is 12. The van der Waals surface area contributed by atoms with Crippen LogP contribution in [0.3, 0.4) is 0 Å². The maximum absolute atomic E-state index is 13.8. The number of nitrogens with zero attached hydrogens (tertiary/aromatic N) is 1. The van der Waals surface area contributed by atoms with E-state index in [1.165, 1.54) is 11.0 Å². The van der Waals surface area contributed by atoms with Gasteiger partial charge in [0.15, 0.2) is 0 Å². The van der Waals surface area contributed by atoms with E-state index in [0.29, 0.717) is 34.7 Å². The summed E-state index contributed by atoms with van der Waals surface area (Å²) in [6, 6.07) is 21.5. The van der Waals surface area contributed by atoms with Crippen molar-refractivity contribution in [1.29, 1.82) is 0 Å². The number of halogens is 1.